The molecule has 0 aliphatic rings. The summed E-state index contributed by atoms with van der Waals surface area (Å²) in [4.78, 5) is 16.0. The molecule has 0 aliphatic carbocycles. The average molecular weight is 465 g/mol. The van der Waals surface area contributed by atoms with E-state index < -0.39 is 0 Å². The largest absolute Gasteiger partial charge is 0.466 e. The third-order valence-electron chi connectivity index (χ3n) is 5.72. The average Bonchev–Trinajstić information content (AvgIpc) is 2.80. The van der Waals surface area contributed by atoms with E-state index in [-0.39, 0.29) is 5.97 Å². The monoisotopic (exact) mass is 464 g/mol. The van der Waals surface area contributed by atoms with Gasteiger partial charge in [0.15, 0.2) is 0 Å². The number of rotatable bonds is 9. The third kappa shape index (κ3) is 6.08. The van der Waals surface area contributed by atoms with Crippen LogP contribution in [0, 0.1) is 0 Å². The molecule has 0 atom stereocenters. The number of anilines is 2. The molecule has 0 saturated carbocycles. The number of nitrogens with zero attached hydrogens (tertiary/aromatic N) is 2. The molecule has 4 nitrogen and oxygen atoms in total. The van der Waals surface area contributed by atoms with Crippen molar-refractivity contribution in [3.05, 3.63) is 71.2 Å². The maximum absolute atomic E-state index is 11.9. The van der Waals surface area contributed by atoms with Crippen LogP contribution in [0.2, 0.25) is 5.02 Å². The summed E-state index contributed by atoms with van der Waals surface area (Å²) in [7, 11) is 8.13. The van der Waals surface area contributed by atoms with Gasteiger partial charge in [-0.1, -0.05) is 41.9 Å². The Bertz CT molecular complexity index is 1070. The summed E-state index contributed by atoms with van der Waals surface area (Å²) in [5, 5.41) is 0.716. The Balaban J connectivity index is 2.07. The lowest BCUT2D eigenvalue weighted by Crippen LogP contribution is -2.08. The minimum Gasteiger partial charge on any atom is -0.466 e. The molecular weight excluding hydrogens is 432 g/mol. The van der Waals surface area contributed by atoms with Crippen molar-refractivity contribution in [3.63, 3.8) is 0 Å². The van der Waals surface area contributed by atoms with E-state index in [1.54, 1.807) is 0 Å². The van der Waals surface area contributed by atoms with E-state index in [0.29, 0.717) is 18.1 Å². The molecule has 0 N–H and O–H groups in total. The Hall–Kier alpha value is -2.98. The van der Waals surface area contributed by atoms with Crippen LogP contribution in [0.15, 0.2) is 60.7 Å². The number of hydrogen-bond acceptors (Lipinski definition) is 4. The van der Waals surface area contributed by atoms with Gasteiger partial charge in [0.05, 0.1) is 6.61 Å². The molecule has 0 radical (unpaired) electrons. The molecule has 3 rings (SSSR count). The SMILES string of the molecule is CCOC(=O)CCCc1ccc(Cl)c(-c2ccc(N(C)C)cc2)c1-c1ccc(N(C)C)cc1. The minimum absolute atomic E-state index is 0.150. The first kappa shape index (κ1) is 24.7. The molecular formula is C28H33ClN2O2. The molecule has 33 heavy (non-hydrogen) atoms. The van der Waals surface area contributed by atoms with Crippen LogP contribution in [0.3, 0.4) is 0 Å². The number of ether oxygens (including phenoxy) is 1. The molecule has 3 aromatic carbocycles. The van der Waals surface area contributed by atoms with Crippen molar-refractivity contribution in [2.75, 3.05) is 44.6 Å². The minimum atomic E-state index is -0.150. The van der Waals surface area contributed by atoms with Gasteiger partial charge in [-0.2, -0.15) is 0 Å². The first-order chi connectivity index (χ1) is 15.8. The summed E-state index contributed by atoms with van der Waals surface area (Å²) in [5.74, 6) is -0.150. The van der Waals surface area contributed by atoms with Gasteiger partial charge >= 0.3 is 5.97 Å². The number of halogens is 1. The van der Waals surface area contributed by atoms with Gasteiger partial charge in [0.25, 0.3) is 0 Å². The fourth-order valence-electron chi connectivity index (χ4n) is 3.95. The number of benzene rings is 3. The molecule has 0 saturated heterocycles. The Kier molecular flexibility index (Phi) is 8.40. The van der Waals surface area contributed by atoms with Crippen LogP contribution < -0.4 is 9.80 Å². The van der Waals surface area contributed by atoms with E-state index in [1.807, 2.05) is 41.2 Å². The molecule has 3 aromatic rings. The maximum atomic E-state index is 11.9. The van der Waals surface area contributed by atoms with E-state index >= 15 is 0 Å². The lowest BCUT2D eigenvalue weighted by atomic mass is 9.88. The van der Waals surface area contributed by atoms with Crippen molar-refractivity contribution in [3.8, 4) is 22.3 Å². The van der Waals surface area contributed by atoms with E-state index in [9.17, 15) is 4.79 Å². The molecule has 0 unspecified atom stereocenters. The van der Waals surface area contributed by atoms with Crippen molar-refractivity contribution in [1.82, 2.24) is 0 Å². The summed E-state index contributed by atoms with van der Waals surface area (Å²) >= 11 is 6.80. The fourth-order valence-corrected chi connectivity index (χ4v) is 4.22. The summed E-state index contributed by atoms with van der Waals surface area (Å²) < 4.78 is 5.10. The Morgan fingerprint density at radius 2 is 1.30 bits per heavy atom. The molecule has 0 fully saturated rings. The third-order valence-corrected chi connectivity index (χ3v) is 6.03. The lowest BCUT2D eigenvalue weighted by Gasteiger charge is -2.20. The predicted octanol–water partition coefficient (Wildman–Crippen LogP) is 6.69. The molecule has 174 valence electrons. The van der Waals surface area contributed by atoms with Gasteiger partial charge in [-0.3, -0.25) is 4.79 Å². The molecule has 0 aliphatic heterocycles. The summed E-state index contributed by atoms with van der Waals surface area (Å²) in [6, 6.07) is 21.0. The topological polar surface area (TPSA) is 32.8 Å². The predicted molar refractivity (Wildman–Crippen MR) is 141 cm³/mol. The zero-order chi connectivity index (χ0) is 24.0. The molecule has 0 aromatic heterocycles. The smallest absolute Gasteiger partial charge is 0.305 e. The number of aryl methyl sites for hydroxylation is 1. The highest BCUT2D eigenvalue weighted by Crippen LogP contribution is 2.41. The van der Waals surface area contributed by atoms with Gasteiger partial charge in [0, 0.05) is 56.6 Å². The van der Waals surface area contributed by atoms with Gasteiger partial charge in [0.1, 0.15) is 0 Å². The molecule has 5 heteroatoms. The Morgan fingerprint density at radius 1 is 0.788 bits per heavy atom. The second kappa shape index (κ2) is 11.2. The zero-order valence-electron chi connectivity index (χ0n) is 20.2. The van der Waals surface area contributed by atoms with Gasteiger partial charge in [-0.05, 0) is 72.4 Å². The fraction of sp³-hybridized carbons (Fsp3) is 0.321. The second-order valence-corrected chi connectivity index (χ2v) is 8.90. The van der Waals surface area contributed by atoms with E-state index in [0.717, 1.165) is 46.5 Å². The van der Waals surface area contributed by atoms with E-state index in [2.05, 4.69) is 64.4 Å². The number of carbonyl (C=O) groups is 1. The highest BCUT2D eigenvalue weighted by molar-refractivity contribution is 6.34. The van der Waals surface area contributed by atoms with Crippen LogP contribution in [0.1, 0.15) is 25.3 Å². The van der Waals surface area contributed by atoms with Gasteiger partial charge < -0.3 is 14.5 Å². The van der Waals surface area contributed by atoms with Gasteiger partial charge in [-0.25, -0.2) is 0 Å². The number of esters is 1. The van der Waals surface area contributed by atoms with Crippen molar-refractivity contribution in [1.29, 1.82) is 0 Å². The first-order valence-corrected chi connectivity index (χ1v) is 11.7. The van der Waals surface area contributed by atoms with Crippen molar-refractivity contribution >= 4 is 28.9 Å². The van der Waals surface area contributed by atoms with Crippen LogP contribution in [0.4, 0.5) is 11.4 Å². The Morgan fingerprint density at radius 3 is 1.79 bits per heavy atom. The summed E-state index contributed by atoms with van der Waals surface area (Å²) in [5.41, 5.74) is 7.78. The maximum Gasteiger partial charge on any atom is 0.305 e. The molecule has 0 amide bonds. The molecule has 0 bridgehead atoms. The summed E-state index contributed by atoms with van der Waals surface area (Å²) in [6.45, 7) is 2.25. The number of hydrogen-bond donors (Lipinski definition) is 0. The first-order valence-electron chi connectivity index (χ1n) is 11.3. The highest BCUT2D eigenvalue weighted by Gasteiger charge is 2.17. The molecule has 0 heterocycles. The lowest BCUT2D eigenvalue weighted by molar-refractivity contribution is -0.143. The second-order valence-electron chi connectivity index (χ2n) is 8.50. The van der Waals surface area contributed by atoms with E-state index in [1.165, 1.54) is 5.56 Å². The standard InChI is InChI=1S/C28H33ClN2O2/c1-6-33-26(32)9-7-8-20-14-19-25(29)28(22-12-17-24(18-13-22)31(4)5)27(20)21-10-15-23(16-11-21)30(2)3/h10-19H,6-9H2,1-5H3. The van der Waals surface area contributed by atoms with Crippen molar-refractivity contribution < 1.29 is 9.53 Å². The Labute approximate surface area is 202 Å². The normalized spacial score (nSPS) is 10.7. The van der Waals surface area contributed by atoms with Crippen LogP contribution in [0.5, 0.6) is 0 Å². The molecule has 0 spiro atoms. The quantitative estimate of drug-likeness (QED) is 0.330. The van der Waals surface area contributed by atoms with Crippen LogP contribution >= 0.6 is 11.6 Å². The van der Waals surface area contributed by atoms with Crippen LogP contribution in [-0.2, 0) is 16.0 Å². The zero-order valence-corrected chi connectivity index (χ0v) is 20.9. The number of carbonyl (C=O) groups excluding carboxylic acids is 1. The van der Waals surface area contributed by atoms with Crippen molar-refractivity contribution in [2.45, 2.75) is 26.2 Å². The van der Waals surface area contributed by atoms with E-state index in [4.69, 9.17) is 16.3 Å². The van der Waals surface area contributed by atoms with Crippen LogP contribution in [0.25, 0.3) is 22.3 Å². The van der Waals surface area contributed by atoms with Gasteiger partial charge in [-0.15, -0.1) is 0 Å². The van der Waals surface area contributed by atoms with Gasteiger partial charge in [0.2, 0.25) is 0 Å². The highest BCUT2D eigenvalue weighted by atomic mass is 35.5. The van der Waals surface area contributed by atoms with Crippen molar-refractivity contribution in [2.24, 2.45) is 0 Å². The summed E-state index contributed by atoms with van der Waals surface area (Å²) in [6.07, 6.45) is 1.90. The van der Waals surface area contributed by atoms with Crippen LogP contribution in [-0.4, -0.2) is 40.8 Å².